The van der Waals surface area contributed by atoms with Crippen LogP contribution in [0.3, 0.4) is 0 Å². The van der Waals surface area contributed by atoms with E-state index in [-0.39, 0.29) is 30.6 Å². The van der Waals surface area contributed by atoms with Gasteiger partial charge in [-0.2, -0.15) is 0 Å². The molecule has 2 amide bonds. The minimum Gasteiger partial charge on any atom is -0.508 e. The zero-order valence-electron chi connectivity index (χ0n) is 10.6. The van der Waals surface area contributed by atoms with Gasteiger partial charge in [0.2, 0.25) is 11.8 Å². The third kappa shape index (κ3) is 3.03. The molecule has 1 aromatic rings. The molecule has 0 saturated carbocycles. The van der Waals surface area contributed by atoms with E-state index in [9.17, 15) is 14.7 Å². The molecule has 6 nitrogen and oxygen atoms in total. The minimum absolute atomic E-state index is 0.114. The average Bonchev–Trinajstić information content (AvgIpc) is 2.38. The molecule has 1 aromatic carbocycles. The lowest BCUT2D eigenvalue weighted by atomic mass is 10.0. The third-order valence-corrected chi connectivity index (χ3v) is 3.01. The molecule has 1 heterocycles. The van der Waals surface area contributed by atoms with E-state index in [4.69, 9.17) is 4.74 Å². The third-order valence-electron chi connectivity index (χ3n) is 3.01. The number of hydrogen-bond donors (Lipinski definition) is 3. The predicted octanol–water partition coefficient (Wildman–Crippen LogP) is -0.436. The molecule has 0 spiro atoms. The van der Waals surface area contributed by atoms with E-state index in [1.807, 2.05) is 0 Å². The minimum atomic E-state index is -0.672. The molecule has 1 fully saturated rings. The Kier molecular flexibility index (Phi) is 4.01. The highest BCUT2D eigenvalue weighted by molar-refractivity contribution is 5.97. The van der Waals surface area contributed by atoms with Crippen LogP contribution in [-0.2, 0) is 20.7 Å². The van der Waals surface area contributed by atoms with Gasteiger partial charge in [-0.1, -0.05) is 18.2 Å². The number of phenolic OH excluding ortho intramolecular Hbond substituents is 1. The lowest BCUT2D eigenvalue weighted by Crippen LogP contribution is -2.63. The highest BCUT2D eigenvalue weighted by atomic mass is 16.5. The molecular weight excluding hydrogens is 248 g/mol. The van der Waals surface area contributed by atoms with Crippen LogP contribution in [-0.4, -0.2) is 42.7 Å². The monoisotopic (exact) mass is 264 g/mol. The van der Waals surface area contributed by atoms with Crippen molar-refractivity contribution in [3.05, 3.63) is 29.8 Å². The van der Waals surface area contributed by atoms with Crippen molar-refractivity contribution in [2.75, 3.05) is 13.7 Å². The van der Waals surface area contributed by atoms with Crippen molar-refractivity contribution >= 4 is 11.8 Å². The Hall–Kier alpha value is -2.08. The summed E-state index contributed by atoms with van der Waals surface area (Å²) < 4.78 is 4.86. The van der Waals surface area contributed by atoms with E-state index in [0.29, 0.717) is 5.56 Å². The van der Waals surface area contributed by atoms with Crippen molar-refractivity contribution in [3.8, 4) is 5.75 Å². The topological polar surface area (TPSA) is 87.7 Å². The van der Waals surface area contributed by atoms with Gasteiger partial charge in [0.1, 0.15) is 17.8 Å². The van der Waals surface area contributed by atoms with Crippen LogP contribution in [0.4, 0.5) is 0 Å². The zero-order chi connectivity index (χ0) is 13.8. The summed E-state index contributed by atoms with van der Waals surface area (Å²) in [5, 5.41) is 14.9. The Balaban J connectivity index is 2.05. The summed E-state index contributed by atoms with van der Waals surface area (Å²) in [5.41, 5.74) is 0.619. The van der Waals surface area contributed by atoms with Crippen LogP contribution in [0, 0.1) is 0 Å². The number of carbonyl (C=O) groups is 2. The highest BCUT2D eigenvalue weighted by Gasteiger charge is 2.33. The Bertz CT molecular complexity index is 489. The van der Waals surface area contributed by atoms with Gasteiger partial charge in [-0.05, 0) is 11.6 Å². The summed E-state index contributed by atoms with van der Waals surface area (Å²) in [7, 11) is 1.47. The number of ether oxygens (including phenoxy) is 1. The van der Waals surface area contributed by atoms with E-state index >= 15 is 0 Å². The standard InChI is InChI=1S/C13H16N2O4/c1-19-7-10-13(18)14-9(12(17)15-10)6-8-4-2-3-5-11(8)16/h2-5,9-10,16H,6-7H2,1H3,(H,14,18)(H,15,17). The largest absolute Gasteiger partial charge is 0.508 e. The molecular formula is C13H16N2O4. The van der Waals surface area contributed by atoms with Gasteiger partial charge < -0.3 is 20.5 Å². The van der Waals surface area contributed by atoms with Gasteiger partial charge in [0.05, 0.1) is 6.61 Å². The zero-order valence-corrected chi connectivity index (χ0v) is 10.6. The molecule has 1 saturated heterocycles. The van der Waals surface area contributed by atoms with Gasteiger partial charge in [0.15, 0.2) is 0 Å². The summed E-state index contributed by atoms with van der Waals surface area (Å²) >= 11 is 0. The number of hydrogen-bond acceptors (Lipinski definition) is 4. The first-order valence-corrected chi connectivity index (χ1v) is 5.98. The Morgan fingerprint density at radius 1 is 1.16 bits per heavy atom. The van der Waals surface area contributed by atoms with Crippen LogP contribution in [0.1, 0.15) is 5.56 Å². The predicted molar refractivity (Wildman–Crippen MR) is 67.5 cm³/mol. The normalized spacial score (nSPS) is 22.8. The van der Waals surface area contributed by atoms with E-state index in [1.165, 1.54) is 7.11 Å². The van der Waals surface area contributed by atoms with Crippen molar-refractivity contribution in [2.24, 2.45) is 0 Å². The van der Waals surface area contributed by atoms with Crippen LogP contribution in [0.25, 0.3) is 0 Å². The molecule has 0 aromatic heterocycles. The van der Waals surface area contributed by atoms with Crippen molar-refractivity contribution in [1.82, 2.24) is 10.6 Å². The molecule has 102 valence electrons. The second-order valence-electron chi connectivity index (χ2n) is 4.41. The van der Waals surface area contributed by atoms with Crippen LogP contribution < -0.4 is 10.6 Å². The van der Waals surface area contributed by atoms with Gasteiger partial charge in [-0.15, -0.1) is 0 Å². The average molecular weight is 264 g/mol. The van der Waals surface area contributed by atoms with Crippen LogP contribution in [0.2, 0.25) is 0 Å². The number of benzene rings is 1. The maximum absolute atomic E-state index is 11.9. The molecule has 0 bridgehead atoms. The van der Waals surface area contributed by atoms with Crippen LogP contribution in [0.15, 0.2) is 24.3 Å². The van der Waals surface area contributed by atoms with Crippen molar-refractivity contribution in [2.45, 2.75) is 18.5 Å². The first-order chi connectivity index (χ1) is 9.11. The van der Waals surface area contributed by atoms with Crippen molar-refractivity contribution in [3.63, 3.8) is 0 Å². The summed E-state index contributed by atoms with van der Waals surface area (Å²) in [5.74, 6) is -0.435. The second kappa shape index (κ2) is 5.71. The van der Waals surface area contributed by atoms with Crippen LogP contribution in [0.5, 0.6) is 5.75 Å². The molecule has 1 aliphatic heterocycles. The fourth-order valence-electron chi connectivity index (χ4n) is 2.01. The molecule has 2 atom stereocenters. The number of para-hydroxylation sites is 1. The number of aromatic hydroxyl groups is 1. The smallest absolute Gasteiger partial charge is 0.245 e. The fourth-order valence-corrected chi connectivity index (χ4v) is 2.01. The molecule has 2 rings (SSSR count). The quantitative estimate of drug-likeness (QED) is 0.688. The van der Waals surface area contributed by atoms with E-state index < -0.39 is 12.1 Å². The van der Waals surface area contributed by atoms with Gasteiger partial charge in [0, 0.05) is 13.5 Å². The number of rotatable bonds is 4. The molecule has 0 radical (unpaired) electrons. The fraction of sp³-hybridized carbons (Fsp3) is 0.385. The molecule has 2 unspecified atom stereocenters. The van der Waals surface area contributed by atoms with Gasteiger partial charge >= 0.3 is 0 Å². The van der Waals surface area contributed by atoms with Crippen molar-refractivity contribution in [1.29, 1.82) is 0 Å². The summed E-state index contributed by atoms with van der Waals surface area (Å²) in [6, 6.07) is 5.41. The maximum Gasteiger partial charge on any atom is 0.245 e. The number of nitrogens with one attached hydrogen (secondary N) is 2. The summed E-state index contributed by atoms with van der Waals surface area (Å²) in [6.45, 7) is 0.140. The number of phenols is 1. The number of methoxy groups -OCH3 is 1. The Morgan fingerprint density at radius 2 is 1.79 bits per heavy atom. The first kappa shape index (κ1) is 13.4. The lowest BCUT2D eigenvalue weighted by Gasteiger charge is -2.29. The number of carbonyl (C=O) groups excluding carboxylic acids is 2. The molecule has 6 heteroatoms. The van der Waals surface area contributed by atoms with Gasteiger partial charge in [0.25, 0.3) is 0 Å². The Morgan fingerprint density at radius 3 is 2.47 bits per heavy atom. The molecule has 3 N–H and O–H groups in total. The van der Waals surface area contributed by atoms with Crippen LogP contribution >= 0.6 is 0 Å². The van der Waals surface area contributed by atoms with Gasteiger partial charge in [-0.25, -0.2) is 0 Å². The SMILES string of the molecule is COCC1NC(=O)C(Cc2ccccc2O)NC1=O. The number of piperazine rings is 1. The first-order valence-electron chi connectivity index (χ1n) is 5.98. The van der Waals surface area contributed by atoms with Gasteiger partial charge in [-0.3, -0.25) is 9.59 Å². The summed E-state index contributed by atoms with van der Waals surface area (Å²) in [4.78, 5) is 23.6. The number of amides is 2. The van der Waals surface area contributed by atoms with Crippen molar-refractivity contribution < 1.29 is 19.4 Å². The second-order valence-corrected chi connectivity index (χ2v) is 4.41. The summed E-state index contributed by atoms with van der Waals surface area (Å²) in [6.07, 6.45) is 0.254. The molecule has 1 aliphatic rings. The lowest BCUT2D eigenvalue weighted by molar-refractivity contribution is -0.138. The van der Waals surface area contributed by atoms with E-state index in [0.717, 1.165) is 0 Å². The highest BCUT2D eigenvalue weighted by Crippen LogP contribution is 2.18. The Labute approximate surface area is 110 Å². The maximum atomic E-state index is 11.9. The van der Waals surface area contributed by atoms with E-state index in [1.54, 1.807) is 24.3 Å². The molecule has 19 heavy (non-hydrogen) atoms. The molecule has 0 aliphatic carbocycles. The van der Waals surface area contributed by atoms with E-state index in [2.05, 4.69) is 10.6 Å².